The SMILES string of the molecule is CN=C(NCCCN1CCCCCC1)NCCNC(=O)c1ccco1. The van der Waals surface area contributed by atoms with Gasteiger partial charge in [-0.15, -0.1) is 0 Å². The Hall–Kier alpha value is -2.02. The number of aliphatic imine (C=N–C) groups is 1. The Labute approximate surface area is 150 Å². The number of hydrogen-bond acceptors (Lipinski definition) is 4. The van der Waals surface area contributed by atoms with Gasteiger partial charge in [-0.3, -0.25) is 9.79 Å². The van der Waals surface area contributed by atoms with Gasteiger partial charge in [0.25, 0.3) is 5.91 Å². The summed E-state index contributed by atoms with van der Waals surface area (Å²) in [4.78, 5) is 18.5. The number of carbonyl (C=O) groups is 1. The molecule has 0 unspecified atom stereocenters. The van der Waals surface area contributed by atoms with E-state index in [-0.39, 0.29) is 5.91 Å². The van der Waals surface area contributed by atoms with E-state index in [4.69, 9.17) is 4.42 Å². The zero-order chi connectivity index (χ0) is 17.7. The van der Waals surface area contributed by atoms with Gasteiger partial charge < -0.3 is 25.3 Å². The molecule has 0 bridgehead atoms. The van der Waals surface area contributed by atoms with Crippen LogP contribution >= 0.6 is 0 Å². The molecule has 0 saturated carbocycles. The molecule has 7 heteroatoms. The summed E-state index contributed by atoms with van der Waals surface area (Å²) < 4.78 is 5.05. The predicted molar refractivity (Wildman–Crippen MR) is 99.9 cm³/mol. The molecule has 1 fully saturated rings. The Morgan fingerprint density at radius 1 is 1.12 bits per heavy atom. The summed E-state index contributed by atoms with van der Waals surface area (Å²) in [7, 11) is 1.76. The third-order valence-electron chi connectivity index (χ3n) is 4.31. The molecule has 7 nitrogen and oxygen atoms in total. The zero-order valence-electron chi connectivity index (χ0n) is 15.2. The van der Waals surface area contributed by atoms with Crippen LogP contribution < -0.4 is 16.0 Å². The van der Waals surface area contributed by atoms with E-state index in [1.54, 1.807) is 19.2 Å². The highest BCUT2D eigenvalue weighted by Gasteiger charge is 2.09. The number of nitrogens with zero attached hydrogens (tertiary/aromatic N) is 2. The Bertz CT molecular complexity index is 508. The van der Waals surface area contributed by atoms with Crippen LogP contribution in [0.15, 0.2) is 27.8 Å². The van der Waals surface area contributed by atoms with Gasteiger partial charge in [-0.05, 0) is 51.0 Å². The zero-order valence-corrected chi connectivity index (χ0v) is 15.2. The number of rotatable bonds is 8. The summed E-state index contributed by atoms with van der Waals surface area (Å²) >= 11 is 0. The van der Waals surface area contributed by atoms with E-state index in [0.29, 0.717) is 18.8 Å². The lowest BCUT2D eigenvalue weighted by molar-refractivity contribution is 0.0926. The first-order chi connectivity index (χ1) is 12.3. The first-order valence-electron chi connectivity index (χ1n) is 9.28. The van der Waals surface area contributed by atoms with Gasteiger partial charge in [-0.25, -0.2) is 0 Å². The van der Waals surface area contributed by atoms with Gasteiger partial charge in [0.2, 0.25) is 0 Å². The number of guanidine groups is 1. The van der Waals surface area contributed by atoms with Gasteiger partial charge in [0.15, 0.2) is 11.7 Å². The molecule has 0 atom stereocenters. The second-order valence-electron chi connectivity index (χ2n) is 6.27. The molecular formula is C18H31N5O2. The smallest absolute Gasteiger partial charge is 0.287 e. The van der Waals surface area contributed by atoms with Crippen molar-refractivity contribution in [3.8, 4) is 0 Å². The van der Waals surface area contributed by atoms with Gasteiger partial charge in [-0.1, -0.05) is 12.8 Å². The van der Waals surface area contributed by atoms with Crippen LogP contribution in [0.5, 0.6) is 0 Å². The molecule has 2 heterocycles. The quantitative estimate of drug-likeness (QED) is 0.376. The summed E-state index contributed by atoms with van der Waals surface area (Å²) in [6, 6.07) is 3.35. The monoisotopic (exact) mass is 349 g/mol. The average molecular weight is 349 g/mol. The molecule has 140 valence electrons. The molecule has 1 aliphatic heterocycles. The minimum absolute atomic E-state index is 0.202. The summed E-state index contributed by atoms with van der Waals surface area (Å²) in [6.07, 6.45) is 8.02. The number of nitrogens with one attached hydrogen (secondary N) is 3. The van der Waals surface area contributed by atoms with Crippen molar-refractivity contribution in [2.75, 3.05) is 46.3 Å². The van der Waals surface area contributed by atoms with Crippen LogP contribution in [0.4, 0.5) is 0 Å². The van der Waals surface area contributed by atoms with Crippen molar-refractivity contribution >= 4 is 11.9 Å². The Kier molecular flexibility index (Phi) is 8.90. The van der Waals surface area contributed by atoms with E-state index >= 15 is 0 Å². The maximum Gasteiger partial charge on any atom is 0.287 e. The summed E-state index contributed by atoms with van der Waals surface area (Å²) in [5.41, 5.74) is 0. The Balaban J connectivity index is 1.52. The highest BCUT2D eigenvalue weighted by molar-refractivity contribution is 5.91. The molecule has 2 rings (SSSR count). The molecular weight excluding hydrogens is 318 g/mol. The van der Waals surface area contributed by atoms with E-state index in [1.807, 2.05) is 0 Å². The van der Waals surface area contributed by atoms with Crippen molar-refractivity contribution in [3.63, 3.8) is 0 Å². The van der Waals surface area contributed by atoms with Gasteiger partial charge in [-0.2, -0.15) is 0 Å². The predicted octanol–water partition coefficient (Wildman–Crippen LogP) is 1.44. The highest BCUT2D eigenvalue weighted by atomic mass is 16.3. The van der Waals surface area contributed by atoms with Gasteiger partial charge in [0.1, 0.15) is 0 Å². The van der Waals surface area contributed by atoms with Crippen molar-refractivity contribution in [2.24, 2.45) is 4.99 Å². The van der Waals surface area contributed by atoms with Crippen molar-refractivity contribution in [1.29, 1.82) is 0 Å². The van der Waals surface area contributed by atoms with Crippen molar-refractivity contribution < 1.29 is 9.21 Å². The number of carbonyl (C=O) groups excluding carboxylic acids is 1. The van der Waals surface area contributed by atoms with E-state index in [1.165, 1.54) is 45.0 Å². The number of furan rings is 1. The van der Waals surface area contributed by atoms with Crippen molar-refractivity contribution in [1.82, 2.24) is 20.9 Å². The minimum atomic E-state index is -0.202. The molecule has 0 radical (unpaired) electrons. The second-order valence-corrected chi connectivity index (χ2v) is 6.27. The van der Waals surface area contributed by atoms with Gasteiger partial charge in [0, 0.05) is 26.7 Å². The Morgan fingerprint density at radius 2 is 1.84 bits per heavy atom. The van der Waals surface area contributed by atoms with Crippen LogP contribution in [0.25, 0.3) is 0 Å². The molecule has 1 aromatic heterocycles. The molecule has 1 saturated heterocycles. The lowest BCUT2D eigenvalue weighted by atomic mass is 10.2. The molecule has 0 spiro atoms. The number of hydrogen-bond donors (Lipinski definition) is 3. The largest absolute Gasteiger partial charge is 0.459 e. The third kappa shape index (κ3) is 7.60. The molecule has 1 aliphatic rings. The molecule has 1 aromatic rings. The molecule has 1 amide bonds. The standard InChI is InChI=1S/C18H31N5O2/c1-19-18(21-9-7-14-23-12-4-2-3-5-13-23)22-11-10-20-17(24)16-8-6-15-25-16/h6,8,15H,2-5,7,9-14H2,1H3,(H,20,24)(H2,19,21,22). The van der Waals surface area contributed by atoms with Gasteiger partial charge >= 0.3 is 0 Å². The Morgan fingerprint density at radius 3 is 2.52 bits per heavy atom. The fraction of sp³-hybridized carbons (Fsp3) is 0.667. The first kappa shape index (κ1) is 19.3. The van der Waals surface area contributed by atoms with Crippen LogP contribution in [-0.4, -0.2) is 63.1 Å². The number of likely N-dealkylation sites (tertiary alicyclic amines) is 1. The lowest BCUT2D eigenvalue weighted by Crippen LogP contribution is -2.42. The average Bonchev–Trinajstić information content (AvgIpc) is 3.05. The van der Waals surface area contributed by atoms with E-state index in [0.717, 1.165) is 25.5 Å². The van der Waals surface area contributed by atoms with E-state index in [2.05, 4.69) is 25.8 Å². The summed E-state index contributed by atoms with van der Waals surface area (Å²) in [6.45, 7) is 5.63. The second kappa shape index (κ2) is 11.5. The first-order valence-corrected chi connectivity index (χ1v) is 9.28. The number of amides is 1. The highest BCUT2D eigenvalue weighted by Crippen LogP contribution is 2.09. The maximum atomic E-state index is 11.7. The molecule has 3 N–H and O–H groups in total. The molecule has 25 heavy (non-hydrogen) atoms. The van der Waals surface area contributed by atoms with Crippen molar-refractivity contribution in [2.45, 2.75) is 32.1 Å². The fourth-order valence-corrected chi connectivity index (χ4v) is 2.94. The van der Waals surface area contributed by atoms with Crippen LogP contribution in [0, 0.1) is 0 Å². The normalized spacial score (nSPS) is 16.3. The van der Waals surface area contributed by atoms with E-state index < -0.39 is 0 Å². The van der Waals surface area contributed by atoms with Crippen LogP contribution in [0.3, 0.4) is 0 Å². The fourth-order valence-electron chi connectivity index (χ4n) is 2.94. The maximum absolute atomic E-state index is 11.7. The lowest BCUT2D eigenvalue weighted by Gasteiger charge is -2.20. The minimum Gasteiger partial charge on any atom is -0.459 e. The van der Waals surface area contributed by atoms with Crippen LogP contribution in [0.2, 0.25) is 0 Å². The van der Waals surface area contributed by atoms with Crippen molar-refractivity contribution in [3.05, 3.63) is 24.2 Å². The molecule has 0 aromatic carbocycles. The summed E-state index contributed by atoms with van der Waals surface area (Å²) in [5.74, 6) is 0.895. The van der Waals surface area contributed by atoms with Crippen LogP contribution in [-0.2, 0) is 0 Å². The molecule has 0 aliphatic carbocycles. The summed E-state index contributed by atoms with van der Waals surface area (Å²) in [5, 5.41) is 9.32. The van der Waals surface area contributed by atoms with Gasteiger partial charge in [0.05, 0.1) is 6.26 Å². The third-order valence-corrected chi connectivity index (χ3v) is 4.31. The van der Waals surface area contributed by atoms with Crippen LogP contribution in [0.1, 0.15) is 42.7 Å². The topological polar surface area (TPSA) is 81.9 Å². The van der Waals surface area contributed by atoms with E-state index in [9.17, 15) is 4.79 Å².